The second kappa shape index (κ2) is 8.77. The summed E-state index contributed by atoms with van der Waals surface area (Å²) in [5.74, 6) is 1.32. The van der Waals surface area contributed by atoms with Gasteiger partial charge in [0.05, 0.1) is 23.1 Å². The molecular formula is C23H24N8OS. The van der Waals surface area contributed by atoms with Crippen molar-refractivity contribution < 1.29 is 0 Å². The predicted octanol–water partition coefficient (Wildman–Crippen LogP) is 2.64. The predicted molar refractivity (Wildman–Crippen MR) is 129 cm³/mol. The Morgan fingerprint density at radius 2 is 1.91 bits per heavy atom. The molecule has 0 saturated carbocycles. The molecule has 33 heavy (non-hydrogen) atoms. The van der Waals surface area contributed by atoms with E-state index in [1.54, 1.807) is 27.6 Å². The van der Waals surface area contributed by atoms with Gasteiger partial charge in [0.1, 0.15) is 11.9 Å². The molecule has 0 radical (unpaired) electrons. The van der Waals surface area contributed by atoms with Gasteiger partial charge in [0.15, 0.2) is 0 Å². The Hall–Kier alpha value is -3.55. The molecule has 10 heteroatoms. The van der Waals surface area contributed by atoms with E-state index in [-0.39, 0.29) is 5.56 Å². The van der Waals surface area contributed by atoms with Gasteiger partial charge in [0, 0.05) is 38.9 Å². The van der Waals surface area contributed by atoms with E-state index in [0.717, 1.165) is 43.9 Å². The molecule has 1 aliphatic rings. The van der Waals surface area contributed by atoms with E-state index >= 15 is 0 Å². The molecule has 1 fully saturated rings. The van der Waals surface area contributed by atoms with Crippen LogP contribution in [0.2, 0.25) is 0 Å². The Kier molecular flexibility index (Phi) is 5.66. The summed E-state index contributed by atoms with van der Waals surface area (Å²) in [6.07, 6.45) is 2.55. The number of nitriles is 1. The largest absolute Gasteiger partial charge is 0.353 e. The second-order valence-electron chi connectivity index (χ2n) is 8.12. The number of fused-ring (bicyclic) bond motifs is 3. The molecular weight excluding hydrogens is 436 g/mol. The minimum absolute atomic E-state index is 0.0376. The Morgan fingerprint density at radius 1 is 1.12 bits per heavy atom. The van der Waals surface area contributed by atoms with Crippen molar-refractivity contribution in [3.63, 3.8) is 0 Å². The Bertz CT molecular complexity index is 1490. The van der Waals surface area contributed by atoms with Gasteiger partial charge in [-0.25, -0.2) is 9.67 Å². The molecule has 0 aliphatic carbocycles. The van der Waals surface area contributed by atoms with Crippen molar-refractivity contribution in [1.29, 1.82) is 5.26 Å². The minimum Gasteiger partial charge on any atom is -0.353 e. The molecule has 0 bridgehead atoms. The van der Waals surface area contributed by atoms with E-state index in [2.05, 4.69) is 20.9 Å². The first-order chi connectivity index (χ1) is 16.1. The van der Waals surface area contributed by atoms with Crippen LogP contribution in [0.5, 0.6) is 0 Å². The first-order valence-electron chi connectivity index (χ1n) is 11.1. The van der Waals surface area contributed by atoms with Crippen molar-refractivity contribution in [2.24, 2.45) is 0 Å². The number of para-hydroxylation sites is 1. The van der Waals surface area contributed by atoms with Crippen LogP contribution in [-0.2, 0) is 13.2 Å². The third kappa shape index (κ3) is 3.69. The normalized spacial score (nSPS) is 14.7. The third-order valence-corrected chi connectivity index (χ3v) is 6.44. The van der Waals surface area contributed by atoms with E-state index in [0.29, 0.717) is 34.7 Å². The fraction of sp³-hybridized carbons (Fsp3) is 0.348. The second-order valence-corrected chi connectivity index (χ2v) is 8.49. The number of nitrogens with zero attached hydrogens (tertiary/aromatic N) is 8. The van der Waals surface area contributed by atoms with Crippen molar-refractivity contribution in [1.82, 2.24) is 28.6 Å². The number of piperazine rings is 1. The topological polar surface area (TPSA) is 87.4 Å². The zero-order valence-corrected chi connectivity index (χ0v) is 19.2. The number of anilines is 1. The Balaban J connectivity index is 1.45. The SMILES string of the molecule is CCCn1c(=O)c2ccccc2n2c(=S)n(CN3CCN(c4ncccc4C#N)CC3)nc12. The van der Waals surface area contributed by atoms with E-state index < -0.39 is 0 Å². The van der Waals surface area contributed by atoms with Crippen LogP contribution in [-0.4, -0.2) is 54.8 Å². The van der Waals surface area contributed by atoms with Gasteiger partial charge in [-0.3, -0.25) is 18.7 Å². The molecule has 0 unspecified atom stereocenters. The molecule has 9 nitrogen and oxygen atoms in total. The van der Waals surface area contributed by atoms with Gasteiger partial charge in [-0.15, -0.1) is 5.10 Å². The molecule has 0 amide bonds. The zero-order chi connectivity index (χ0) is 22.9. The van der Waals surface area contributed by atoms with Crippen molar-refractivity contribution in [3.8, 4) is 6.07 Å². The Morgan fingerprint density at radius 3 is 2.67 bits per heavy atom. The van der Waals surface area contributed by atoms with Crippen LogP contribution in [0.1, 0.15) is 18.9 Å². The molecule has 4 aromatic rings. The van der Waals surface area contributed by atoms with Crippen molar-refractivity contribution in [2.45, 2.75) is 26.6 Å². The highest BCUT2D eigenvalue weighted by Gasteiger charge is 2.22. The summed E-state index contributed by atoms with van der Waals surface area (Å²) in [7, 11) is 0. The van der Waals surface area contributed by atoms with E-state index in [4.69, 9.17) is 17.3 Å². The highest BCUT2D eigenvalue weighted by atomic mass is 32.1. The van der Waals surface area contributed by atoms with E-state index in [9.17, 15) is 10.1 Å². The highest BCUT2D eigenvalue weighted by Crippen LogP contribution is 2.19. The molecule has 4 heterocycles. The van der Waals surface area contributed by atoms with Gasteiger partial charge in [-0.1, -0.05) is 19.1 Å². The van der Waals surface area contributed by atoms with Gasteiger partial charge in [-0.05, 0) is 42.9 Å². The monoisotopic (exact) mass is 460 g/mol. The van der Waals surface area contributed by atoms with Gasteiger partial charge >= 0.3 is 0 Å². The average molecular weight is 461 g/mol. The van der Waals surface area contributed by atoms with Crippen molar-refractivity contribution in [2.75, 3.05) is 31.1 Å². The Labute approximate surface area is 195 Å². The molecule has 1 saturated heterocycles. The molecule has 1 aromatic carbocycles. The number of aryl methyl sites for hydroxylation is 1. The summed E-state index contributed by atoms with van der Waals surface area (Å²) in [5.41, 5.74) is 1.34. The standard InChI is InChI=1S/C23H24N8OS/c1-2-10-29-21(32)18-7-3-4-8-19(18)31-22(29)26-30(23(31)33)16-27-11-13-28(14-12-27)20-17(15-24)6-5-9-25-20/h3-9H,2,10-14,16H2,1H3. The van der Waals surface area contributed by atoms with Crippen LogP contribution in [0.25, 0.3) is 16.7 Å². The van der Waals surface area contributed by atoms with Crippen LogP contribution in [0, 0.1) is 16.1 Å². The van der Waals surface area contributed by atoms with Gasteiger partial charge in [0.2, 0.25) is 10.5 Å². The van der Waals surface area contributed by atoms with Crippen molar-refractivity contribution >= 4 is 34.7 Å². The lowest BCUT2D eigenvalue weighted by atomic mass is 10.2. The van der Waals surface area contributed by atoms with Crippen molar-refractivity contribution in [3.05, 3.63) is 63.3 Å². The summed E-state index contributed by atoms with van der Waals surface area (Å²) in [5, 5.41) is 14.8. The lowest BCUT2D eigenvalue weighted by Crippen LogP contribution is -2.47. The van der Waals surface area contributed by atoms with Crippen LogP contribution in [0.3, 0.4) is 0 Å². The number of benzene rings is 1. The number of rotatable bonds is 5. The van der Waals surface area contributed by atoms with Crippen LogP contribution >= 0.6 is 12.2 Å². The summed E-state index contributed by atoms with van der Waals surface area (Å²) < 4.78 is 6.01. The lowest BCUT2D eigenvalue weighted by Gasteiger charge is -2.35. The quantitative estimate of drug-likeness (QED) is 0.423. The van der Waals surface area contributed by atoms with Crippen LogP contribution < -0.4 is 10.5 Å². The third-order valence-electron chi connectivity index (χ3n) is 6.04. The van der Waals surface area contributed by atoms with Crippen LogP contribution in [0.4, 0.5) is 5.82 Å². The molecule has 1 aliphatic heterocycles. The fourth-order valence-electron chi connectivity index (χ4n) is 4.41. The van der Waals surface area contributed by atoms with E-state index in [1.807, 2.05) is 35.6 Å². The van der Waals surface area contributed by atoms with Gasteiger partial charge in [-0.2, -0.15) is 5.26 Å². The maximum Gasteiger partial charge on any atom is 0.262 e. The minimum atomic E-state index is -0.0376. The van der Waals surface area contributed by atoms with E-state index in [1.165, 1.54) is 0 Å². The molecule has 5 rings (SSSR count). The number of hydrogen-bond donors (Lipinski definition) is 0. The van der Waals surface area contributed by atoms with Gasteiger partial charge in [0.25, 0.3) is 5.56 Å². The maximum absolute atomic E-state index is 13.1. The summed E-state index contributed by atoms with van der Waals surface area (Å²) >= 11 is 5.81. The smallest absolute Gasteiger partial charge is 0.262 e. The lowest BCUT2D eigenvalue weighted by molar-refractivity contribution is 0.194. The molecule has 3 aromatic heterocycles. The highest BCUT2D eigenvalue weighted by molar-refractivity contribution is 7.71. The number of pyridine rings is 1. The molecule has 0 N–H and O–H groups in total. The number of aromatic nitrogens is 5. The fourth-order valence-corrected chi connectivity index (χ4v) is 4.69. The average Bonchev–Trinajstić information content (AvgIpc) is 3.18. The van der Waals surface area contributed by atoms with Gasteiger partial charge < -0.3 is 4.90 Å². The molecule has 0 atom stereocenters. The zero-order valence-electron chi connectivity index (χ0n) is 18.4. The first kappa shape index (κ1) is 21.3. The summed E-state index contributed by atoms with van der Waals surface area (Å²) in [6, 6.07) is 13.4. The first-order valence-corrected chi connectivity index (χ1v) is 11.5. The summed E-state index contributed by atoms with van der Waals surface area (Å²) in [4.78, 5) is 21.9. The summed E-state index contributed by atoms with van der Waals surface area (Å²) in [6.45, 7) is 6.27. The van der Waals surface area contributed by atoms with Crippen LogP contribution in [0.15, 0.2) is 47.4 Å². The number of hydrogen-bond acceptors (Lipinski definition) is 7. The molecule has 0 spiro atoms. The molecule has 168 valence electrons. The maximum atomic E-state index is 13.1.